The molecule has 0 saturated heterocycles. The Labute approximate surface area is 158 Å². The summed E-state index contributed by atoms with van der Waals surface area (Å²) in [5, 5.41) is 5.65. The molecule has 0 radical (unpaired) electrons. The van der Waals surface area contributed by atoms with Crippen LogP contribution in [0.2, 0.25) is 0 Å². The van der Waals surface area contributed by atoms with Crippen LogP contribution in [0.25, 0.3) is 0 Å². The van der Waals surface area contributed by atoms with Crippen LogP contribution in [-0.4, -0.2) is 18.4 Å². The van der Waals surface area contributed by atoms with E-state index in [-0.39, 0.29) is 36.1 Å². The molecule has 0 saturated carbocycles. The van der Waals surface area contributed by atoms with Gasteiger partial charge in [-0.3, -0.25) is 9.59 Å². The zero-order valence-electron chi connectivity index (χ0n) is 14.5. The number of carbonyl (C=O) groups is 2. The van der Waals surface area contributed by atoms with Gasteiger partial charge < -0.3 is 16.4 Å². The normalized spacial score (nSPS) is 11.2. The highest BCUT2D eigenvalue weighted by atomic mass is 35.5. The second kappa shape index (κ2) is 10.5. The molecule has 0 spiro atoms. The van der Waals surface area contributed by atoms with Gasteiger partial charge in [-0.1, -0.05) is 12.1 Å². The average Bonchev–Trinajstić information content (AvgIpc) is 2.61. The monoisotopic (exact) mass is 379 g/mol. The van der Waals surface area contributed by atoms with E-state index >= 15 is 0 Å². The fourth-order valence-corrected chi connectivity index (χ4v) is 2.32. The van der Waals surface area contributed by atoms with Crippen molar-refractivity contribution in [1.29, 1.82) is 0 Å². The largest absolute Gasteiger partial charge is 0.350 e. The van der Waals surface area contributed by atoms with Gasteiger partial charge in [0.05, 0.1) is 6.04 Å². The molecule has 0 bridgehead atoms. The Morgan fingerprint density at radius 1 is 1.08 bits per heavy atom. The van der Waals surface area contributed by atoms with Crippen LogP contribution in [0.1, 0.15) is 41.7 Å². The third-order valence-electron chi connectivity index (χ3n) is 3.76. The minimum Gasteiger partial charge on any atom is -0.350 e. The number of rotatable bonds is 7. The van der Waals surface area contributed by atoms with Gasteiger partial charge in [-0.05, 0) is 61.9 Å². The fourth-order valence-electron chi connectivity index (χ4n) is 2.32. The van der Waals surface area contributed by atoms with Crippen LogP contribution in [0, 0.1) is 5.82 Å². The van der Waals surface area contributed by atoms with Crippen molar-refractivity contribution >= 4 is 29.9 Å². The molecule has 26 heavy (non-hydrogen) atoms. The summed E-state index contributed by atoms with van der Waals surface area (Å²) in [4.78, 5) is 23.8. The lowest BCUT2D eigenvalue weighted by Gasteiger charge is -2.15. The number of carbonyl (C=O) groups excluding carboxylic acids is 2. The third kappa shape index (κ3) is 6.46. The number of hydrogen-bond donors (Lipinski definition) is 3. The summed E-state index contributed by atoms with van der Waals surface area (Å²) in [6.45, 7) is 2.39. The molecule has 5 nitrogen and oxygen atoms in total. The number of benzene rings is 2. The first-order valence-electron chi connectivity index (χ1n) is 8.16. The van der Waals surface area contributed by atoms with Crippen LogP contribution in [0.15, 0.2) is 48.5 Å². The summed E-state index contributed by atoms with van der Waals surface area (Å²) in [5.74, 6) is -0.731. The Kier molecular flexibility index (Phi) is 8.75. The Morgan fingerprint density at radius 3 is 2.27 bits per heavy atom. The molecule has 0 aliphatic carbocycles. The second-order valence-electron chi connectivity index (χ2n) is 5.76. The summed E-state index contributed by atoms with van der Waals surface area (Å²) < 4.78 is 12.9. The predicted molar refractivity (Wildman–Crippen MR) is 103 cm³/mol. The molecule has 7 heteroatoms. The molecular weight excluding hydrogens is 357 g/mol. The highest BCUT2D eigenvalue weighted by molar-refractivity contribution is 6.04. The van der Waals surface area contributed by atoms with Crippen molar-refractivity contribution in [1.82, 2.24) is 5.32 Å². The first-order valence-corrected chi connectivity index (χ1v) is 8.16. The summed E-state index contributed by atoms with van der Waals surface area (Å²) in [7, 11) is 0. The third-order valence-corrected chi connectivity index (χ3v) is 3.76. The number of amides is 2. The van der Waals surface area contributed by atoms with Crippen molar-refractivity contribution in [2.24, 2.45) is 5.73 Å². The van der Waals surface area contributed by atoms with E-state index in [4.69, 9.17) is 5.73 Å². The number of nitrogens with one attached hydrogen (secondary N) is 2. The van der Waals surface area contributed by atoms with Crippen LogP contribution in [0.4, 0.5) is 10.1 Å². The van der Waals surface area contributed by atoms with Gasteiger partial charge in [0.2, 0.25) is 5.91 Å². The molecule has 0 aliphatic rings. The van der Waals surface area contributed by atoms with E-state index in [0.29, 0.717) is 30.6 Å². The van der Waals surface area contributed by atoms with Gasteiger partial charge in [0, 0.05) is 17.7 Å². The first-order chi connectivity index (χ1) is 12.0. The van der Waals surface area contributed by atoms with Crippen LogP contribution in [0.3, 0.4) is 0 Å². The van der Waals surface area contributed by atoms with E-state index in [1.54, 1.807) is 12.1 Å². The summed E-state index contributed by atoms with van der Waals surface area (Å²) in [5.41, 5.74) is 7.33. The van der Waals surface area contributed by atoms with Crippen LogP contribution in [0.5, 0.6) is 0 Å². The molecule has 2 aromatic rings. The van der Waals surface area contributed by atoms with Crippen molar-refractivity contribution in [3.05, 3.63) is 65.5 Å². The molecule has 0 aromatic heterocycles. The fraction of sp³-hybridized carbons (Fsp3) is 0.263. The Balaban J connectivity index is 0.00000338. The predicted octanol–water partition coefficient (Wildman–Crippen LogP) is 3.42. The molecule has 0 fully saturated rings. The van der Waals surface area contributed by atoms with Crippen molar-refractivity contribution in [3.8, 4) is 0 Å². The smallest absolute Gasteiger partial charge is 0.255 e. The number of hydrogen-bond acceptors (Lipinski definition) is 3. The summed E-state index contributed by atoms with van der Waals surface area (Å²) in [6.07, 6.45) is 1.07. The standard InChI is InChI=1S/C19H22FN3O2.ClH/c1-13(22-18(24)3-2-12-21)14-6-10-17(11-7-14)23-19(25)15-4-8-16(20)9-5-15;/h4-11,13H,2-3,12,21H2,1H3,(H,22,24)(H,23,25);1H. The average molecular weight is 380 g/mol. The van der Waals surface area contributed by atoms with E-state index in [9.17, 15) is 14.0 Å². The minimum absolute atomic E-state index is 0. The maximum atomic E-state index is 12.9. The Bertz CT molecular complexity index is 721. The highest BCUT2D eigenvalue weighted by Crippen LogP contribution is 2.17. The van der Waals surface area contributed by atoms with Gasteiger partial charge in [0.25, 0.3) is 5.91 Å². The van der Waals surface area contributed by atoms with E-state index < -0.39 is 0 Å². The van der Waals surface area contributed by atoms with Crippen molar-refractivity contribution in [2.75, 3.05) is 11.9 Å². The molecule has 1 atom stereocenters. The molecular formula is C19H23ClFN3O2. The molecule has 1 unspecified atom stereocenters. The van der Waals surface area contributed by atoms with Crippen LogP contribution in [-0.2, 0) is 4.79 Å². The molecule has 2 aromatic carbocycles. The van der Waals surface area contributed by atoms with Gasteiger partial charge in [-0.2, -0.15) is 0 Å². The van der Waals surface area contributed by atoms with Crippen molar-refractivity contribution in [3.63, 3.8) is 0 Å². The van der Waals surface area contributed by atoms with Gasteiger partial charge in [0.15, 0.2) is 0 Å². The maximum absolute atomic E-state index is 12.9. The zero-order chi connectivity index (χ0) is 18.2. The molecule has 2 rings (SSSR count). The van der Waals surface area contributed by atoms with E-state index in [1.807, 2.05) is 19.1 Å². The molecule has 2 amide bonds. The number of nitrogens with two attached hydrogens (primary N) is 1. The lowest BCUT2D eigenvalue weighted by molar-refractivity contribution is -0.121. The van der Waals surface area contributed by atoms with E-state index in [0.717, 1.165) is 5.56 Å². The lowest BCUT2D eigenvalue weighted by Crippen LogP contribution is -2.26. The van der Waals surface area contributed by atoms with Crippen molar-refractivity contribution < 1.29 is 14.0 Å². The van der Waals surface area contributed by atoms with Crippen LogP contribution >= 0.6 is 12.4 Å². The quantitative estimate of drug-likeness (QED) is 0.689. The Hall–Kier alpha value is -2.44. The number of anilines is 1. The summed E-state index contributed by atoms with van der Waals surface area (Å²) in [6, 6.07) is 12.4. The van der Waals surface area contributed by atoms with Crippen molar-refractivity contribution in [2.45, 2.75) is 25.8 Å². The maximum Gasteiger partial charge on any atom is 0.255 e. The molecule has 140 valence electrons. The second-order valence-corrected chi connectivity index (χ2v) is 5.76. The lowest BCUT2D eigenvalue weighted by atomic mass is 10.1. The van der Waals surface area contributed by atoms with Gasteiger partial charge in [-0.25, -0.2) is 4.39 Å². The van der Waals surface area contributed by atoms with E-state index in [1.165, 1.54) is 24.3 Å². The van der Waals surface area contributed by atoms with Gasteiger partial charge in [0.1, 0.15) is 5.82 Å². The summed E-state index contributed by atoms with van der Waals surface area (Å²) >= 11 is 0. The van der Waals surface area contributed by atoms with Gasteiger partial charge >= 0.3 is 0 Å². The van der Waals surface area contributed by atoms with E-state index in [2.05, 4.69) is 10.6 Å². The topological polar surface area (TPSA) is 84.2 Å². The minimum atomic E-state index is -0.386. The van der Waals surface area contributed by atoms with Crippen LogP contribution < -0.4 is 16.4 Å². The molecule has 0 aliphatic heterocycles. The van der Waals surface area contributed by atoms with Gasteiger partial charge in [-0.15, -0.1) is 12.4 Å². The molecule has 4 N–H and O–H groups in total. The first kappa shape index (κ1) is 21.6. The zero-order valence-corrected chi connectivity index (χ0v) is 15.3. The SMILES string of the molecule is CC(NC(=O)CCCN)c1ccc(NC(=O)c2ccc(F)cc2)cc1.Cl. The highest BCUT2D eigenvalue weighted by Gasteiger charge is 2.10. The number of halogens is 2. The molecule has 0 heterocycles. The Morgan fingerprint density at radius 2 is 1.69 bits per heavy atom.